The average Bonchev–Trinajstić information content (AvgIpc) is 3.21. The smallest absolute Gasteiger partial charge is 0.249 e. The van der Waals surface area contributed by atoms with E-state index in [0.717, 1.165) is 37.1 Å². The van der Waals surface area contributed by atoms with Crippen molar-refractivity contribution in [2.75, 3.05) is 13.1 Å². The van der Waals surface area contributed by atoms with E-state index in [2.05, 4.69) is 5.32 Å². The number of hydrogen-bond acceptors (Lipinski definition) is 2. The molecule has 27 heavy (non-hydrogen) atoms. The lowest BCUT2D eigenvalue weighted by Gasteiger charge is -2.25. The Kier molecular flexibility index (Phi) is 6.22. The number of hydrogen-bond donors (Lipinski definition) is 1. The third kappa shape index (κ3) is 4.94. The fourth-order valence-corrected chi connectivity index (χ4v) is 3.46. The second-order valence-electron chi connectivity index (χ2n) is 7.10. The van der Waals surface area contributed by atoms with Crippen molar-refractivity contribution in [2.24, 2.45) is 0 Å². The zero-order valence-corrected chi connectivity index (χ0v) is 15.5. The van der Waals surface area contributed by atoms with E-state index in [1.807, 2.05) is 42.2 Å². The Bertz CT molecular complexity index is 771. The van der Waals surface area contributed by atoms with Crippen LogP contribution in [0.4, 0.5) is 4.39 Å². The molecule has 0 spiro atoms. The number of likely N-dealkylation sites (tertiary alicyclic amines) is 1. The van der Waals surface area contributed by atoms with Crippen LogP contribution in [0.15, 0.2) is 54.6 Å². The Morgan fingerprint density at radius 1 is 1.00 bits per heavy atom. The van der Waals surface area contributed by atoms with Gasteiger partial charge in [-0.3, -0.25) is 9.59 Å². The zero-order valence-electron chi connectivity index (χ0n) is 15.5. The van der Waals surface area contributed by atoms with E-state index < -0.39 is 6.04 Å². The fourth-order valence-electron chi connectivity index (χ4n) is 3.46. The number of rotatable bonds is 6. The Labute approximate surface area is 159 Å². The van der Waals surface area contributed by atoms with Crippen LogP contribution in [0.1, 0.15) is 49.3 Å². The van der Waals surface area contributed by atoms with E-state index in [-0.39, 0.29) is 30.0 Å². The highest BCUT2D eigenvalue weighted by Crippen LogP contribution is 2.22. The van der Waals surface area contributed by atoms with E-state index in [0.29, 0.717) is 0 Å². The molecule has 142 valence electrons. The molecular formula is C22H25FN2O2. The normalized spacial score (nSPS) is 16.0. The van der Waals surface area contributed by atoms with E-state index in [4.69, 9.17) is 0 Å². The molecule has 1 heterocycles. The van der Waals surface area contributed by atoms with Crippen molar-refractivity contribution in [1.82, 2.24) is 10.2 Å². The summed E-state index contributed by atoms with van der Waals surface area (Å²) in [7, 11) is 0. The second-order valence-corrected chi connectivity index (χ2v) is 7.10. The molecule has 1 fully saturated rings. The summed E-state index contributed by atoms with van der Waals surface area (Å²) >= 11 is 0. The lowest BCUT2D eigenvalue weighted by Crippen LogP contribution is -2.42. The van der Waals surface area contributed by atoms with Crippen molar-refractivity contribution < 1.29 is 14.0 Å². The molecule has 1 N–H and O–H groups in total. The van der Waals surface area contributed by atoms with Crippen molar-refractivity contribution >= 4 is 11.8 Å². The van der Waals surface area contributed by atoms with Crippen molar-refractivity contribution in [3.8, 4) is 0 Å². The number of carbonyl (C=O) groups excluding carboxylic acids is 2. The molecule has 0 aromatic heterocycles. The second kappa shape index (κ2) is 8.80. The van der Waals surface area contributed by atoms with Gasteiger partial charge < -0.3 is 10.2 Å². The minimum absolute atomic E-state index is 0.0542. The quantitative estimate of drug-likeness (QED) is 0.843. The summed E-state index contributed by atoms with van der Waals surface area (Å²) in [6.07, 6.45) is 2.24. The molecule has 3 rings (SSSR count). The van der Waals surface area contributed by atoms with Crippen LogP contribution in [-0.4, -0.2) is 29.8 Å². The first-order valence-electron chi connectivity index (χ1n) is 9.43. The summed E-state index contributed by atoms with van der Waals surface area (Å²) in [5.74, 6) is -0.602. The van der Waals surface area contributed by atoms with Crippen molar-refractivity contribution in [2.45, 2.75) is 38.1 Å². The molecule has 2 atom stereocenters. The Hall–Kier alpha value is -2.69. The van der Waals surface area contributed by atoms with Crippen molar-refractivity contribution in [3.05, 3.63) is 71.5 Å². The SMILES string of the molecule is CC(CC(=O)N[C@H](C(=O)N1CCCC1)c1ccccc1)c1ccc(F)cc1. The highest BCUT2D eigenvalue weighted by atomic mass is 19.1. The van der Waals surface area contributed by atoms with Crippen LogP contribution < -0.4 is 5.32 Å². The standard InChI is InChI=1S/C22H25FN2O2/c1-16(17-9-11-19(23)12-10-17)15-20(26)24-21(18-7-3-2-4-8-18)22(27)25-13-5-6-14-25/h2-4,7-12,16,21H,5-6,13-15H2,1H3,(H,24,26)/t16?,21-/m0/s1. The summed E-state index contributed by atoms with van der Waals surface area (Å²) in [6, 6.07) is 14.9. The Morgan fingerprint density at radius 2 is 1.63 bits per heavy atom. The minimum atomic E-state index is -0.669. The van der Waals surface area contributed by atoms with Gasteiger partial charge >= 0.3 is 0 Å². The molecule has 2 aromatic rings. The predicted molar refractivity (Wildman–Crippen MR) is 103 cm³/mol. The van der Waals surface area contributed by atoms with Gasteiger partial charge in [-0.05, 0) is 42.0 Å². The number of halogens is 1. The van der Waals surface area contributed by atoms with Crippen molar-refractivity contribution in [1.29, 1.82) is 0 Å². The molecular weight excluding hydrogens is 343 g/mol. The molecule has 2 amide bonds. The monoisotopic (exact) mass is 368 g/mol. The molecule has 1 aliphatic heterocycles. The Morgan fingerprint density at radius 3 is 2.26 bits per heavy atom. The number of nitrogens with one attached hydrogen (secondary N) is 1. The molecule has 0 bridgehead atoms. The maximum atomic E-state index is 13.1. The van der Waals surface area contributed by atoms with Gasteiger partial charge in [-0.1, -0.05) is 49.4 Å². The van der Waals surface area contributed by atoms with Crippen LogP contribution in [0, 0.1) is 5.82 Å². The van der Waals surface area contributed by atoms with Gasteiger partial charge in [0.25, 0.3) is 0 Å². The number of benzene rings is 2. The van der Waals surface area contributed by atoms with Gasteiger partial charge in [-0.25, -0.2) is 4.39 Å². The molecule has 4 nitrogen and oxygen atoms in total. The van der Waals surface area contributed by atoms with Crippen LogP contribution in [0.3, 0.4) is 0 Å². The topological polar surface area (TPSA) is 49.4 Å². The molecule has 1 saturated heterocycles. The number of amides is 2. The first-order chi connectivity index (χ1) is 13.0. The summed E-state index contributed by atoms with van der Waals surface area (Å²) in [6.45, 7) is 3.40. The van der Waals surface area contributed by atoms with Gasteiger partial charge in [-0.2, -0.15) is 0 Å². The van der Waals surface area contributed by atoms with Crippen molar-refractivity contribution in [3.63, 3.8) is 0 Å². The summed E-state index contributed by atoms with van der Waals surface area (Å²) in [5.41, 5.74) is 1.69. The third-order valence-corrected chi connectivity index (χ3v) is 5.03. The van der Waals surface area contributed by atoms with E-state index in [1.54, 1.807) is 12.1 Å². The lowest BCUT2D eigenvalue weighted by molar-refractivity contribution is -0.135. The average molecular weight is 368 g/mol. The summed E-state index contributed by atoms with van der Waals surface area (Å²) in [4.78, 5) is 27.4. The summed E-state index contributed by atoms with van der Waals surface area (Å²) < 4.78 is 13.1. The highest BCUT2D eigenvalue weighted by Gasteiger charge is 2.29. The third-order valence-electron chi connectivity index (χ3n) is 5.03. The Balaban J connectivity index is 1.70. The van der Waals surface area contributed by atoms with Gasteiger partial charge in [0.1, 0.15) is 11.9 Å². The zero-order chi connectivity index (χ0) is 19.2. The van der Waals surface area contributed by atoms with E-state index in [1.165, 1.54) is 12.1 Å². The van der Waals surface area contributed by atoms with Crippen LogP contribution in [0.5, 0.6) is 0 Å². The maximum absolute atomic E-state index is 13.1. The largest absolute Gasteiger partial charge is 0.341 e. The van der Waals surface area contributed by atoms with Gasteiger partial charge in [-0.15, -0.1) is 0 Å². The molecule has 5 heteroatoms. The lowest BCUT2D eigenvalue weighted by atomic mass is 9.97. The van der Waals surface area contributed by atoms with Gasteiger partial charge in [0, 0.05) is 19.5 Å². The molecule has 2 aromatic carbocycles. The molecule has 0 saturated carbocycles. The number of carbonyl (C=O) groups is 2. The predicted octanol–water partition coefficient (Wildman–Crippen LogP) is 3.80. The van der Waals surface area contributed by atoms with Gasteiger partial charge in [0.05, 0.1) is 0 Å². The highest BCUT2D eigenvalue weighted by molar-refractivity contribution is 5.89. The molecule has 0 radical (unpaired) electrons. The van der Waals surface area contributed by atoms with Gasteiger partial charge in [0.2, 0.25) is 11.8 Å². The van der Waals surface area contributed by atoms with Crippen LogP contribution in [0.25, 0.3) is 0 Å². The van der Waals surface area contributed by atoms with Crippen LogP contribution in [0.2, 0.25) is 0 Å². The summed E-state index contributed by atoms with van der Waals surface area (Å²) in [5, 5.41) is 2.92. The molecule has 0 aliphatic carbocycles. The maximum Gasteiger partial charge on any atom is 0.249 e. The van der Waals surface area contributed by atoms with Gasteiger partial charge in [0.15, 0.2) is 0 Å². The fraction of sp³-hybridized carbons (Fsp3) is 0.364. The number of nitrogens with zero attached hydrogens (tertiary/aromatic N) is 1. The molecule has 1 aliphatic rings. The van der Waals surface area contributed by atoms with E-state index >= 15 is 0 Å². The van der Waals surface area contributed by atoms with Crippen LogP contribution >= 0.6 is 0 Å². The first kappa shape index (κ1) is 19.1. The molecule has 1 unspecified atom stereocenters. The minimum Gasteiger partial charge on any atom is -0.341 e. The first-order valence-corrected chi connectivity index (χ1v) is 9.43. The van der Waals surface area contributed by atoms with E-state index in [9.17, 15) is 14.0 Å². The van der Waals surface area contributed by atoms with Crippen LogP contribution in [-0.2, 0) is 9.59 Å².